The number of carbonyl (C=O) groups excluding carboxylic acids is 1. The fourth-order valence-corrected chi connectivity index (χ4v) is 6.70. The molecule has 4 rings (SSSR count). The second-order valence-electron chi connectivity index (χ2n) is 6.16. The zero-order valence-corrected chi connectivity index (χ0v) is 16.5. The van der Waals surface area contributed by atoms with Gasteiger partial charge in [-0.15, -0.1) is 22.7 Å². The largest absolute Gasteiger partial charge is 0.295 e. The molecule has 26 heavy (non-hydrogen) atoms. The van der Waals surface area contributed by atoms with Crippen molar-refractivity contribution in [1.82, 2.24) is 4.31 Å². The third kappa shape index (κ3) is 2.95. The molecular weight excluding hydrogens is 386 g/mol. The summed E-state index contributed by atoms with van der Waals surface area (Å²) in [6.07, 6.45) is 0.722. The van der Waals surface area contributed by atoms with Gasteiger partial charge in [-0.25, -0.2) is 8.42 Å². The van der Waals surface area contributed by atoms with Crippen molar-refractivity contribution in [3.63, 3.8) is 0 Å². The third-order valence-corrected chi connectivity index (χ3v) is 8.40. The number of thiophene rings is 2. The average Bonchev–Trinajstić information content (AvgIpc) is 3.32. The minimum atomic E-state index is -3.67. The Morgan fingerprint density at radius 3 is 2.50 bits per heavy atom. The Kier molecular flexibility index (Phi) is 4.56. The van der Waals surface area contributed by atoms with E-state index in [4.69, 9.17) is 0 Å². The number of fused-ring (bicyclic) bond motifs is 1. The molecule has 7 heteroatoms. The highest BCUT2D eigenvalue weighted by atomic mass is 32.2. The number of benzene rings is 1. The van der Waals surface area contributed by atoms with Crippen LogP contribution in [0.15, 0.2) is 58.1 Å². The molecule has 0 fully saturated rings. The normalized spacial score (nSPS) is 17.8. The molecule has 0 spiro atoms. The summed E-state index contributed by atoms with van der Waals surface area (Å²) in [6.45, 7) is 1.92. The highest BCUT2D eigenvalue weighted by molar-refractivity contribution is 7.89. The first-order valence-electron chi connectivity index (χ1n) is 8.21. The predicted molar refractivity (Wildman–Crippen MR) is 105 cm³/mol. The summed E-state index contributed by atoms with van der Waals surface area (Å²) in [7, 11) is -3.67. The molecule has 0 N–H and O–H groups in total. The Labute approximate surface area is 160 Å². The number of ketones is 1. The number of hydrogen-bond donors (Lipinski definition) is 0. The molecule has 4 nitrogen and oxygen atoms in total. The maximum atomic E-state index is 13.4. The highest BCUT2D eigenvalue weighted by Gasteiger charge is 2.38. The quantitative estimate of drug-likeness (QED) is 0.609. The van der Waals surface area contributed by atoms with Gasteiger partial charge in [-0.2, -0.15) is 4.31 Å². The predicted octanol–water partition coefficient (Wildman–Crippen LogP) is 4.35. The van der Waals surface area contributed by atoms with Crippen molar-refractivity contribution in [2.24, 2.45) is 0 Å². The molecule has 1 aromatic carbocycles. The van der Waals surface area contributed by atoms with Crippen LogP contribution in [-0.2, 0) is 16.4 Å². The maximum Gasteiger partial charge on any atom is 0.243 e. The van der Waals surface area contributed by atoms with Crippen LogP contribution < -0.4 is 0 Å². The number of nitrogens with zero attached hydrogens (tertiary/aromatic N) is 1. The second-order valence-corrected chi connectivity index (χ2v) is 10.0. The van der Waals surface area contributed by atoms with Gasteiger partial charge in [0, 0.05) is 21.9 Å². The van der Waals surface area contributed by atoms with Crippen molar-refractivity contribution >= 4 is 38.5 Å². The van der Waals surface area contributed by atoms with E-state index in [1.165, 1.54) is 23.9 Å². The van der Waals surface area contributed by atoms with Crippen molar-refractivity contribution in [2.75, 3.05) is 6.54 Å². The molecule has 3 aromatic rings. The Morgan fingerprint density at radius 1 is 1.08 bits per heavy atom. The van der Waals surface area contributed by atoms with Crippen molar-refractivity contribution in [2.45, 2.75) is 24.3 Å². The Bertz CT molecular complexity index is 1030. The topological polar surface area (TPSA) is 54.5 Å². The van der Waals surface area contributed by atoms with Gasteiger partial charge in [0.15, 0.2) is 5.78 Å². The van der Waals surface area contributed by atoms with Crippen LogP contribution >= 0.6 is 22.7 Å². The average molecular weight is 404 g/mol. The zero-order valence-electron chi connectivity index (χ0n) is 14.1. The van der Waals surface area contributed by atoms with Gasteiger partial charge in [0.25, 0.3) is 0 Å². The number of carbonyl (C=O) groups is 1. The number of hydrogen-bond acceptors (Lipinski definition) is 5. The summed E-state index contributed by atoms with van der Waals surface area (Å²) in [5.41, 5.74) is 1.59. The van der Waals surface area contributed by atoms with Gasteiger partial charge in [-0.05, 0) is 53.9 Å². The lowest BCUT2D eigenvalue weighted by molar-refractivity contribution is 0.101. The first-order chi connectivity index (χ1) is 12.5. The second kappa shape index (κ2) is 6.74. The van der Waals surface area contributed by atoms with Gasteiger partial charge in [0.1, 0.15) is 0 Å². The molecule has 134 valence electrons. The van der Waals surface area contributed by atoms with Crippen molar-refractivity contribution in [1.29, 1.82) is 0 Å². The van der Waals surface area contributed by atoms with Crippen LogP contribution in [0.5, 0.6) is 0 Å². The smallest absolute Gasteiger partial charge is 0.243 e. The third-order valence-electron chi connectivity index (χ3n) is 4.60. The van der Waals surface area contributed by atoms with E-state index in [1.54, 1.807) is 39.1 Å². The van der Waals surface area contributed by atoms with E-state index in [-0.39, 0.29) is 16.7 Å². The number of Topliss-reactive ketones (excluding diaryl/α,β-unsaturated/α-hetero) is 1. The Morgan fingerprint density at radius 2 is 1.85 bits per heavy atom. The summed E-state index contributed by atoms with van der Waals surface area (Å²) < 4.78 is 28.3. The van der Waals surface area contributed by atoms with Gasteiger partial charge in [-0.1, -0.05) is 18.2 Å². The van der Waals surface area contributed by atoms with E-state index in [1.807, 2.05) is 29.0 Å². The van der Waals surface area contributed by atoms with E-state index >= 15 is 0 Å². The molecular formula is C19H17NO3S3. The fourth-order valence-electron chi connectivity index (χ4n) is 3.29. The van der Waals surface area contributed by atoms with Gasteiger partial charge in [0.2, 0.25) is 10.0 Å². The Hall–Kier alpha value is -1.80. The summed E-state index contributed by atoms with van der Waals surface area (Å²) >= 11 is 3.26. The molecule has 0 unspecified atom stereocenters. The zero-order chi connectivity index (χ0) is 18.3. The van der Waals surface area contributed by atoms with E-state index in [2.05, 4.69) is 0 Å². The van der Waals surface area contributed by atoms with Crippen LogP contribution in [0.2, 0.25) is 0 Å². The molecule has 1 aliphatic rings. The minimum absolute atomic E-state index is 0.0775. The summed E-state index contributed by atoms with van der Waals surface area (Å²) in [5, 5.41) is 4.01. The molecule has 0 aliphatic carbocycles. The van der Waals surface area contributed by atoms with Gasteiger partial charge < -0.3 is 0 Å². The van der Waals surface area contributed by atoms with Crippen molar-refractivity contribution in [3.8, 4) is 0 Å². The maximum absolute atomic E-state index is 13.4. The van der Waals surface area contributed by atoms with Crippen LogP contribution in [0.25, 0.3) is 0 Å². The highest BCUT2D eigenvalue weighted by Crippen LogP contribution is 2.42. The molecule has 1 aliphatic heterocycles. The van der Waals surface area contributed by atoms with Crippen LogP contribution in [0.1, 0.15) is 38.6 Å². The molecule has 2 aromatic heterocycles. The summed E-state index contributed by atoms with van der Waals surface area (Å²) in [6, 6.07) is 11.9. The van der Waals surface area contributed by atoms with E-state index in [9.17, 15) is 13.2 Å². The molecule has 0 radical (unpaired) electrons. The first kappa shape index (κ1) is 17.6. The number of rotatable bonds is 4. The van der Waals surface area contributed by atoms with Crippen LogP contribution in [-0.4, -0.2) is 25.1 Å². The molecule has 3 heterocycles. The monoisotopic (exact) mass is 403 g/mol. The summed E-state index contributed by atoms with van der Waals surface area (Å²) in [4.78, 5) is 14.0. The molecule has 0 saturated carbocycles. The molecule has 0 bridgehead atoms. The SMILES string of the molecule is CC(=O)c1ccc(S(=O)(=O)N2CCc3sccc3[C@H]2c2cccs2)cc1. The lowest BCUT2D eigenvalue weighted by Gasteiger charge is -2.34. The molecule has 0 saturated heterocycles. The first-order valence-corrected chi connectivity index (χ1v) is 11.4. The summed E-state index contributed by atoms with van der Waals surface area (Å²) in [5.74, 6) is -0.0775. The lowest BCUT2D eigenvalue weighted by Crippen LogP contribution is -2.39. The van der Waals surface area contributed by atoms with Crippen LogP contribution in [0, 0.1) is 0 Å². The standard InChI is InChI=1S/C19H17NO3S3/c1-13(21)14-4-6-15(7-5-14)26(22,23)20-10-8-17-16(9-12-25-17)19(20)18-3-2-11-24-18/h2-7,9,11-12,19H,8,10H2,1H3/t19-/m0/s1. The fraction of sp³-hybridized carbons (Fsp3) is 0.211. The van der Waals surface area contributed by atoms with Crippen molar-refractivity contribution in [3.05, 3.63) is 74.1 Å². The van der Waals surface area contributed by atoms with E-state index < -0.39 is 10.0 Å². The molecule has 0 amide bonds. The lowest BCUT2D eigenvalue weighted by atomic mass is 10.0. The van der Waals surface area contributed by atoms with Gasteiger partial charge in [0.05, 0.1) is 10.9 Å². The van der Waals surface area contributed by atoms with Crippen LogP contribution in [0.4, 0.5) is 0 Å². The Balaban J connectivity index is 1.78. The van der Waals surface area contributed by atoms with E-state index in [0.717, 1.165) is 16.9 Å². The minimum Gasteiger partial charge on any atom is -0.295 e. The number of sulfonamides is 1. The van der Waals surface area contributed by atoms with Crippen LogP contribution in [0.3, 0.4) is 0 Å². The van der Waals surface area contributed by atoms with Gasteiger partial charge >= 0.3 is 0 Å². The molecule has 1 atom stereocenters. The van der Waals surface area contributed by atoms with E-state index in [0.29, 0.717) is 12.1 Å². The van der Waals surface area contributed by atoms with Crippen molar-refractivity contribution < 1.29 is 13.2 Å². The van der Waals surface area contributed by atoms with Gasteiger partial charge in [-0.3, -0.25) is 4.79 Å².